The molecule has 1 aliphatic rings. The zero-order chi connectivity index (χ0) is 15.6. The van der Waals surface area contributed by atoms with Crippen molar-refractivity contribution in [2.45, 2.75) is 51.2 Å². The lowest BCUT2D eigenvalue weighted by atomic mass is 9.83. The number of nitrogens with zero attached hydrogens (tertiary/aromatic N) is 1. The van der Waals surface area contributed by atoms with E-state index in [0.29, 0.717) is 6.42 Å². The van der Waals surface area contributed by atoms with Crippen LogP contribution in [0.3, 0.4) is 0 Å². The molecule has 5 heteroatoms. The summed E-state index contributed by atoms with van der Waals surface area (Å²) in [4.78, 5) is 2.13. The predicted molar refractivity (Wildman–Crippen MR) is 75.4 cm³/mol. The van der Waals surface area contributed by atoms with Gasteiger partial charge in [-0.05, 0) is 45.3 Å². The molecule has 1 aromatic rings. The van der Waals surface area contributed by atoms with Crippen molar-refractivity contribution in [1.82, 2.24) is 4.90 Å². The van der Waals surface area contributed by atoms with Crippen LogP contribution in [-0.4, -0.2) is 28.6 Å². The topological polar surface area (TPSA) is 23.5 Å². The fraction of sp³-hybridized carbons (Fsp3) is 0.625. The molecular weight excluding hydrogens is 279 g/mol. The van der Waals surface area contributed by atoms with Gasteiger partial charge in [-0.3, -0.25) is 4.90 Å². The Balaban J connectivity index is 2.35. The van der Waals surface area contributed by atoms with Gasteiger partial charge < -0.3 is 5.11 Å². The van der Waals surface area contributed by atoms with Crippen LogP contribution in [0.1, 0.15) is 51.2 Å². The number of hydrogen-bond acceptors (Lipinski definition) is 2. The minimum absolute atomic E-state index is 0.177. The average Bonchev–Trinajstić information content (AvgIpc) is 2.52. The maximum absolute atomic E-state index is 14.0. The molecule has 0 spiro atoms. The van der Waals surface area contributed by atoms with Crippen molar-refractivity contribution >= 4 is 0 Å². The predicted octanol–water partition coefficient (Wildman–Crippen LogP) is 3.79. The zero-order valence-corrected chi connectivity index (χ0v) is 12.5. The summed E-state index contributed by atoms with van der Waals surface area (Å²) in [5.41, 5.74) is -0.866. The summed E-state index contributed by atoms with van der Waals surface area (Å²) in [6.45, 7) is 5.42. The molecule has 0 saturated carbocycles. The number of aliphatic hydroxyl groups is 1. The lowest BCUT2D eigenvalue weighted by Crippen LogP contribution is -2.52. The van der Waals surface area contributed by atoms with E-state index in [-0.39, 0.29) is 5.56 Å². The third-order valence-electron chi connectivity index (χ3n) is 4.74. The van der Waals surface area contributed by atoms with E-state index < -0.39 is 29.1 Å². The van der Waals surface area contributed by atoms with E-state index in [9.17, 15) is 18.3 Å². The first-order valence-corrected chi connectivity index (χ1v) is 7.48. The molecule has 0 aromatic heterocycles. The molecule has 1 aliphatic heterocycles. The molecule has 2 unspecified atom stereocenters. The molecule has 0 amide bonds. The smallest absolute Gasteiger partial charge is 0.194 e. The largest absolute Gasteiger partial charge is 0.386 e. The molecule has 2 rings (SSSR count). The lowest BCUT2D eigenvalue weighted by Gasteiger charge is -2.46. The molecule has 2 atom stereocenters. The van der Waals surface area contributed by atoms with Crippen molar-refractivity contribution in [3.8, 4) is 0 Å². The first-order valence-electron chi connectivity index (χ1n) is 7.48. The SMILES string of the molecule is CCC(C)(C(O)c1ccc(F)c(F)c1F)N1CCCCC1. The number of piperidine rings is 1. The highest BCUT2D eigenvalue weighted by atomic mass is 19.2. The highest BCUT2D eigenvalue weighted by Gasteiger charge is 2.40. The molecule has 1 aromatic carbocycles. The Hall–Kier alpha value is -1.07. The Morgan fingerprint density at radius 3 is 2.33 bits per heavy atom. The minimum atomic E-state index is -1.52. The van der Waals surface area contributed by atoms with E-state index in [1.807, 2.05) is 13.8 Å². The molecule has 1 fully saturated rings. The number of benzene rings is 1. The molecule has 21 heavy (non-hydrogen) atoms. The molecule has 2 nitrogen and oxygen atoms in total. The number of halogens is 3. The van der Waals surface area contributed by atoms with Gasteiger partial charge in [0.25, 0.3) is 0 Å². The Morgan fingerprint density at radius 1 is 1.14 bits per heavy atom. The van der Waals surface area contributed by atoms with E-state index in [4.69, 9.17) is 0 Å². The van der Waals surface area contributed by atoms with Gasteiger partial charge in [-0.2, -0.15) is 0 Å². The van der Waals surface area contributed by atoms with E-state index in [2.05, 4.69) is 4.90 Å². The first kappa shape index (κ1) is 16.3. The molecule has 1 heterocycles. The molecule has 118 valence electrons. The molecular formula is C16H22F3NO. The Bertz CT molecular complexity index is 503. The van der Waals surface area contributed by atoms with Gasteiger partial charge in [0.05, 0.1) is 6.10 Å². The third kappa shape index (κ3) is 2.94. The van der Waals surface area contributed by atoms with Crippen LogP contribution in [-0.2, 0) is 0 Å². The number of rotatable bonds is 4. The monoisotopic (exact) mass is 301 g/mol. The van der Waals surface area contributed by atoms with Crippen molar-refractivity contribution in [3.05, 3.63) is 35.1 Å². The summed E-state index contributed by atoms with van der Waals surface area (Å²) >= 11 is 0. The van der Waals surface area contributed by atoms with Crippen LogP contribution in [0.2, 0.25) is 0 Å². The summed E-state index contributed by atoms with van der Waals surface area (Å²) < 4.78 is 40.4. The van der Waals surface area contributed by atoms with E-state index >= 15 is 0 Å². The summed E-state index contributed by atoms with van der Waals surface area (Å²) in [5, 5.41) is 10.6. The second kappa shape index (κ2) is 6.36. The average molecular weight is 301 g/mol. The maximum atomic E-state index is 14.0. The normalized spacial score (nSPS) is 21.0. The second-order valence-corrected chi connectivity index (χ2v) is 5.93. The fourth-order valence-corrected chi connectivity index (χ4v) is 3.08. The number of aliphatic hydroxyl groups excluding tert-OH is 1. The zero-order valence-electron chi connectivity index (χ0n) is 12.5. The van der Waals surface area contributed by atoms with Gasteiger partial charge in [0.1, 0.15) is 0 Å². The van der Waals surface area contributed by atoms with E-state index in [1.54, 1.807) is 0 Å². The fourth-order valence-electron chi connectivity index (χ4n) is 3.08. The molecule has 0 bridgehead atoms. The molecule has 1 saturated heterocycles. The molecule has 0 aliphatic carbocycles. The summed E-state index contributed by atoms with van der Waals surface area (Å²) in [7, 11) is 0. The Labute approximate surface area is 123 Å². The summed E-state index contributed by atoms with van der Waals surface area (Å²) in [6.07, 6.45) is 2.60. The molecule has 0 radical (unpaired) electrons. The third-order valence-corrected chi connectivity index (χ3v) is 4.74. The van der Waals surface area contributed by atoms with Gasteiger partial charge in [-0.15, -0.1) is 0 Å². The van der Waals surface area contributed by atoms with Crippen LogP contribution in [0.15, 0.2) is 12.1 Å². The highest BCUT2D eigenvalue weighted by molar-refractivity contribution is 5.25. The van der Waals surface area contributed by atoms with Crippen molar-refractivity contribution in [2.24, 2.45) is 0 Å². The Kier molecular flexibility index (Phi) is 4.94. The lowest BCUT2D eigenvalue weighted by molar-refractivity contribution is -0.0370. The van der Waals surface area contributed by atoms with Crippen LogP contribution in [0.5, 0.6) is 0 Å². The van der Waals surface area contributed by atoms with Gasteiger partial charge in [0, 0.05) is 11.1 Å². The summed E-state index contributed by atoms with van der Waals surface area (Å²) in [5.74, 6) is -4.05. The molecule has 1 N–H and O–H groups in total. The van der Waals surface area contributed by atoms with Crippen LogP contribution in [0.4, 0.5) is 13.2 Å². The highest BCUT2D eigenvalue weighted by Crippen LogP contribution is 2.37. The van der Waals surface area contributed by atoms with Crippen LogP contribution < -0.4 is 0 Å². The van der Waals surface area contributed by atoms with Crippen molar-refractivity contribution in [3.63, 3.8) is 0 Å². The van der Waals surface area contributed by atoms with E-state index in [0.717, 1.165) is 44.5 Å². The first-order chi connectivity index (χ1) is 9.91. The van der Waals surface area contributed by atoms with Crippen molar-refractivity contribution in [1.29, 1.82) is 0 Å². The van der Waals surface area contributed by atoms with Crippen LogP contribution in [0, 0.1) is 17.5 Å². The van der Waals surface area contributed by atoms with Gasteiger partial charge in [-0.1, -0.05) is 19.4 Å². The van der Waals surface area contributed by atoms with Gasteiger partial charge >= 0.3 is 0 Å². The van der Waals surface area contributed by atoms with Crippen molar-refractivity contribution in [2.75, 3.05) is 13.1 Å². The minimum Gasteiger partial charge on any atom is -0.386 e. The van der Waals surface area contributed by atoms with Crippen molar-refractivity contribution < 1.29 is 18.3 Å². The van der Waals surface area contributed by atoms with Crippen LogP contribution in [0.25, 0.3) is 0 Å². The van der Waals surface area contributed by atoms with Gasteiger partial charge in [0.15, 0.2) is 17.5 Å². The van der Waals surface area contributed by atoms with Gasteiger partial charge in [0.2, 0.25) is 0 Å². The van der Waals surface area contributed by atoms with Gasteiger partial charge in [-0.25, -0.2) is 13.2 Å². The summed E-state index contributed by atoms with van der Waals surface area (Å²) in [6, 6.07) is 2.00. The van der Waals surface area contributed by atoms with Crippen LogP contribution >= 0.6 is 0 Å². The standard InChI is InChI=1S/C16H22F3NO/c1-3-16(2,20-9-5-4-6-10-20)15(21)11-7-8-12(17)14(19)13(11)18/h7-8,15,21H,3-6,9-10H2,1-2H3. The number of likely N-dealkylation sites (tertiary alicyclic amines) is 1. The Morgan fingerprint density at radius 2 is 1.76 bits per heavy atom. The second-order valence-electron chi connectivity index (χ2n) is 5.93. The maximum Gasteiger partial charge on any atom is 0.194 e. The quantitative estimate of drug-likeness (QED) is 0.855. The number of hydrogen-bond donors (Lipinski definition) is 1. The van der Waals surface area contributed by atoms with E-state index in [1.165, 1.54) is 0 Å².